The van der Waals surface area contributed by atoms with Gasteiger partial charge in [-0.05, 0) is 0 Å². The summed E-state index contributed by atoms with van der Waals surface area (Å²) in [5, 5.41) is 0. The highest BCUT2D eigenvalue weighted by Gasteiger charge is 2.09. The number of imidazole rings is 1. The van der Waals surface area contributed by atoms with Crippen molar-refractivity contribution in [3.8, 4) is 0 Å². The molecule has 0 radical (unpaired) electrons. The Bertz CT molecular complexity index is 273. The third kappa shape index (κ3) is 1.34. The summed E-state index contributed by atoms with van der Waals surface area (Å²) in [5.74, 6) is -0.213. The van der Waals surface area contributed by atoms with Gasteiger partial charge in [0, 0.05) is 26.2 Å². The molecule has 0 fully saturated rings. The Labute approximate surface area is 63.9 Å². The zero-order chi connectivity index (χ0) is 8.43. The van der Waals surface area contributed by atoms with Gasteiger partial charge in [0.05, 0.1) is 0 Å². The van der Waals surface area contributed by atoms with Gasteiger partial charge in [-0.1, -0.05) is 0 Å². The average Bonchev–Trinajstić information content (AvgIpc) is 2.32. The normalized spacial score (nSPS) is 9.64. The van der Waals surface area contributed by atoms with Gasteiger partial charge in [-0.25, -0.2) is 4.98 Å². The minimum Gasteiger partial charge on any atom is -0.291 e. The number of nitrogens with zero attached hydrogens (tertiary/aromatic N) is 2. The van der Waals surface area contributed by atoms with Crippen LogP contribution in [-0.2, 0) is 0 Å². The second-order valence-corrected chi connectivity index (χ2v) is 2.20. The van der Waals surface area contributed by atoms with Crippen LogP contribution >= 0.6 is 0 Å². The summed E-state index contributed by atoms with van der Waals surface area (Å²) in [6.45, 7) is 2.76. The van der Waals surface area contributed by atoms with Crippen LogP contribution in [0.5, 0.6) is 0 Å². The number of carbonyl (C=O) groups is 2. The van der Waals surface area contributed by atoms with Crippen molar-refractivity contribution in [2.75, 3.05) is 0 Å². The van der Waals surface area contributed by atoms with Crippen LogP contribution in [0.1, 0.15) is 29.3 Å². The van der Waals surface area contributed by atoms with E-state index in [-0.39, 0.29) is 17.5 Å². The zero-order valence-corrected chi connectivity index (χ0v) is 6.37. The Kier molecular flexibility index (Phi) is 1.85. The largest absolute Gasteiger partial charge is 0.291 e. The van der Waals surface area contributed by atoms with Gasteiger partial charge in [-0.2, -0.15) is 0 Å². The maximum atomic E-state index is 10.8. The molecular formula is C7H8N2O2. The second-order valence-electron chi connectivity index (χ2n) is 2.20. The average molecular weight is 152 g/mol. The first-order valence-electron chi connectivity index (χ1n) is 3.18. The molecule has 1 heterocycles. The fourth-order valence-electron chi connectivity index (χ4n) is 0.818. The van der Waals surface area contributed by atoms with Gasteiger partial charge in [0.25, 0.3) is 0 Å². The highest BCUT2D eigenvalue weighted by Crippen LogP contribution is 1.97. The lowest BCUT2D eigenvalue weighted by Gasteiger charge is -1.97. The minimum atomic E-state index is -0.204. The van der Waals surface area contributed by atoms with Crippen molar-refractivity contribution in [1.82, 2.24) is 9.55 Å². The van der Waals surface area contributed by atoms with Crippen LogP contribution < -0.4 is 0 Å². The molecule has 0 bridgehead atoms. The number of aromatic nitrogens is 2. The molecule has 0 aromatic carbocycles. The van der Waals surface area contributed by atoms with E-state index in [4.69, 9.17) is 0 Å². The van der Waals surface area contributed by atoms with E-state index in [9.17, 15) is 9.59 Å². The summed E-state index contributed by atoms with van der Waals surface area (Å²) < 4.78 is 1.22. The van der Waals surface area contributed by atoms with E-state index in [1.54, 1.807) is 0 Å². The predicted octanol–water partition coefficient (Wildman–Crippen LogP) is 0.746. The molecule has 1 rings (SSSR count). The maximum Gasteiger partial charge on any atom is 0.229 e. The smallest absolute Gasteiger partial charge is 0.229 e. The van der Waals surface area contributed by atoms with Crippen LogP contribution in [0.2, 0.25) is 0 Å². The monoisotopic (exact) mass is 152 g/mol. The SMILES string of the molecule is CC(=O)c1nccn1C(C)=O. The molecule has 0 aliphatic rings. The van der Waals surface area contributed by atoms with Crippen molar-refractivity contribution in [2.24, 2.45) is 0 Å². The van der Waals surface area contributed by atoms with Gasteiger partial charge in [0.2, 0.25) is 5.91 Å². The molecule has 0 spiro atoms. The molecule has 0 aliphatic heterocycles. The molecule has 0 saturated carbocycles. The standard InChI is InChI=1S/C7H8N2O2/c1-5(10)7-8-3-4-9(7)6(2)11/h3-4H,1-2H3. The summed E-state index contributed by atoms with van der Waals surface area (Å²) in [5.41, 5.74) is 0. The Morgan fingerprint density at radius 3 is 2.45 bits per heavy atom. The van der Waals surface area contributed by atoms with E-state index in [1.165, 1.54) is 30.8 Å². The number of Topliss-reactive ketones (excluding diaryl/α,β-unsaturated/α-hetero) is 1. The molecule has 0 atom stereocenters. The lowest BCUT2D eigenvalue weighted by molar-refractivity contribution is 0.0906. The van der Waals surface area contributed by atoms with E-state index in [0.29, 0.717) is 0 Å². The number of hydrogen-bond acceptors (Lipinski definition) is 3. The van der Waals surface area contributed by atoms with Crippen molar-refractivity contribution in [3.05, 3.63) is 18.2 Å². The number of ketones is 1. The Morgan fingerprint density at radius 2 is 2.09 bits per heavy atom. The van der Waals surface area contributed by atoms with Gasteiger partial charge in [0.15, 0.2) is 11.6 Å². The molecule has 4 heteroatoms. The second kappa shape index (κ2) is 2.65. The van der Waals surface area contributed by atoms with Gasteiger partial charge in [-0.15, -0.1) is 0 Å². The van der Waals surface area contributed by atoms with Crippen molar-refractivity contribution in [2.45, 2.75) is 13.8 Å². The van der Waals surface area contributed by atoms with Crippen LogP contribution in [-0.4, -0.2) is 21.2 Å². The van der Waals surface area contributed by atoms with Crippen LogP contribution in [0.25, 0.3) is 0 Å². The molecule has 0 unspecified atom stereocenters. The minimum absolute atomic E-state index is 0.192. The molecule has 0 amide bonds. The van der Waals surface area contributed by atoms with Gasteiger partial charge in [0.1, 0.15) is 0 Å². The Morgan fingerprint density at radius 1 is 1.45 bits per heavy atom. The number of rotatable bonds is 1. The van der Waals surface area contributed by atoms with E-state index in [0.717, 1.165) is 0 Å². The molecule has 11 heavy (non-hydrogen) atoms. The summed E-state index contributed by atoms with van der Waals surface area (Å²) >= 11 is 0. The Balaban J connectivity index is 3.16. The molecular weight excluding hydrogens is 144 g/mol. The fraction of sp³-hybridized carbons (Fsp3) is 0.286. The van der Waals surface area contributed by atoms with Crippen molar-refractivity contribution in [1.29, 1.82) is 0 Å². The molecule has 0 saturated heterocycles. The van der Waals surface area contributed by atoms with Gasteiger partial charge in [-0.3, -0.25) is 14.2 Å². The molecule has 4 nitrogen and oxygen atoms in total. The summed E-state index contributed by atoms with van der Waals surface area (Å²) in [7, 11) is 0. The topological polar surface area (TPSA) is 52.0 Å². The first kappa shape index (κ1) is 7.65. The molecule has 1 aromatic heterocycles. The number of carbonyl (C=O) groups excluding carboxylic acids is 2. The summed E-state index contributed by atoms with van der Waals surface area (Å²) in [4.78, 5) is 25.3. The first-order valence-corrected chi connectivity index (χ1v) is 3.18. The van der Waals surface area contributed by atoms with E-state index < -0.39 is 0 Å². The highest BCUT2D eigenvalue weighted by atomic mass is 16.2. The maximum absolute atomic E-state index is 10.8. The van der Waals surface area contributed by atoms with Gasteiger partial charge < -0.3 is 0 Å². The van der Waals surface area contributed by atoms with Crippen molar-refractivity contribution >= 4 is 11.7 Å². The van der Waals surface area contributed by atoms with E-state index in [1.807, 2.05) is 0 Å². The summed E-state index contributed by atoms with van der Waals surface area (Å²) in [6.07, 6.45) is 2.90. The van der Waals surface area contributed by atoms with Crippen LogP contribution in [0.4, 0.5) is 0 Å². The van der Waals surface area contributed by atoms with Gasteiger partial charge >= 0.3 is 0 Å². The Hall–Kier alpha value is -1.45. The molecule has 1 aromatic rings. The molecule has 0 N–H and O–H groups in total. The number of hydrogen-bond donors (Lipinski definition) is 0. The lowest BCUT2D eigenvalue weighted by atomic mass is 10.4. The molecule has 58 valence electrons. The van der Waals surface area contributed by atoms with Crippen LogP contribution in [0, 0.1) is 0 Å². The fourth-order valence-corrected chi connectivity index (χ4v) is 0.818. The van der Waals surface area contributed by atoms with Crippen LogP contribution in [0.15, 0.2) is 12.4 Å². The van der Waals surface area contributed by atoms with Crippen molar-refractivity contribution < 1.29 is 9.59 Å². The third-order valence-corrected chi connectivity index (χ3v) is 1.29. The lowest BCUT2D eigenvalue weighted by Crippen LogP contribution is -2.12. The first-order chi connectivity index (χ1) is 5.13. The molecule has 0 aliphatic carbocycles. The zero-order valence-electron chi connectivity index (χ0n) is 6.37. The quantitative estimate of drug-likeness (QED) is 0.558. The third-order valence-electron chi connectivity index (χ3n) is 1.29. The van der Waals surface area contributed by atoms with Crippen molar-refractivity contribution in [3.63, 3.8) is 0 Å². The predicted molar refractivity (Wildman–Crippen MR) is 38.5 cm³/mol. The summed E-state index contributed by atoms with van der Waals surface area (Å²) in [6, 6.07) is 0. The van der Waals surface area contributed by atoms with E-state index >= 15 is 0 Å². The van der Waals surface area contributed by atoms with Crippen LogP contribution in [0.3, 0.4) is 0 Å². The van der Waals surface area contributed by atoms with E-state index in [2.05, 4.69) is 4.98 Å². The highest BCUT2D eigenvalue weighted by molar-refractivity contribution is 5.94.